The van der Waals surface area contributed by atoms with Gasteiger partial charge in [-0.25, -0.2) is 4.79 Å². The summed E-state index contributed by atoms with van der Waals surface area (Å²) in [5.74, 6) is -4.28. The molecule has 0 aliphatic rings. The van der Waals surface area contributed by atoms with Gasteiger partial charge in [-0.15, -0.1) is 0 Å². The van der Waals surface area contributed by atoms with Crippen LogP contribution >= 0.6 is 67.8 Å². The number of hydrogen-bond acceptors (Lipinski definition) is 8. The molecular formula is C17H17I3N2O9. The Balaban J connectivity index is 3.68. The highest BCUT2D eigenvalue weighted by Crippen LogP contribution is 2.36. The van der Waals surface area contributed by atoms with Crippen molar-refractivity contribution < 1.29 is 43.3 Å². The lowest BCUT2D eigenvalue weighted by Gasteiger charge is -2.24. The van der Waals surface area contributed by atoms with Gasteiger partial charge in [-0.2, -0.15) is 0 Å². The summed E-state index contributed by atoms with van der Waals surface area (Å²) in [6.07, 6.45) is 0. The molecule has 1 aromatic rings. The second-order valence-corrected chi connectivity index (χ2v) is 8.90. The van der Waals surface area contributed by atoms with Crippen LogP contribution in [0.3, 0.4) is 0 Å². The van der Waals surface area contributed by atoms with Gasteiger partial charge < -0.3 is 29.5 Å². The van der Waals surface area contributed by atoms with E-state index in [1.165, 1.54) is 7.11 Å². The minimum atomic E-state index is -1.33. The molecule has 0 saturated carbocycles. The average molecular weight is 774 g/mol. The molecule has 1 aromatic carbocycles. The van der Waals surface area contributed by atoms with Crippen molar-refractivity contribution in [3.8, 4) is 0 Å². The van der Waals surface area contributed by atoms with Crippen molar-refractivity contribution in [2.75, 3.05) is 46.3 Å². The predicted molar refractivity (Wildman–Crippen MR) is 132 cm³/mol. The molecule has 14 heteroatoms. The van der Waals surface area contributed by atoms with E-state index in [4.69, 9.17) is 4.74 Å². The number of ether oxygens (including phenoxy) is 3. The number of methoxy groups -OCH3 is 3. The number of carbonyl (C=O) groups is 5. The molecule has 0 aliphatic heterocycles. The first-order valence-electron chi connectivity index (χ1n) is 8.15. The Bertz CT molecular complexity index is 903. The highest BCUT2D eigenvalue weighted by Gasteiger charge is 2.32. The molecule has 0 fully saturated rings. The number of carboxylic acids is 1. The summed E-state index contributed by atoms with van der Waals surface area (Å²) in [5.41, 5.74) is -0.214. The largest absolute Gasteiger partial charge is 0.478 e. The molecule has 0 saturated heterocycles. The van der Waals surface area contributed by atoms with Crippen LogP contribution in [0.5, 0.6) is 0 Å². The number of benzene rings is 1. The Hall–Kier alpha value is -1.28. The van der Waals surface area contributed by atoms with E-state index in [1.54, 1.807) is 67.8 Å². The van der Waals surface area contributed by atoms with E-state index < -0.39 is 42.8 Å². The first-order valence-corrected chi connectivity index (χ1v) is 11.4. The average Bonchev–Trinajstić information content (AvgIpc) is 2.70. The number of rotatable bonds is 9. The fourth-order valence-electron chi connectivity index (χ4n) is 2.25. The molecular weight excluding hydrogens is 757 g/mol. The first-order chi connectivity index (χ1) is 14.5. The van der Waals surface area contributed by atoms with Crippen LogP contribution in [0.2, 0.25) is 0 Å². The maximum atomic E-state index is 13.3. The molecule has 1 rings (SSSR count). The van der Waals surface area contributed by atoms with E-state index in [0.717, 1.165) is 19.1 Å². The van der Waals surface area contributed by atoms with Crippen molar-refractivity contribution in [2.45, 2.75) is 0 Å². The van der Waals surface area contributed by atoms with Crippen molar-refractivity contribution >= 4 is 103 Å². The van der Waals surface area contributed by atoms with E-state index in [2.05, 4.69) is 14.8 Å². The van der Waals surface area contributed by atoms with E-state index in [-0.39, 0.29) is 34.1 Å². The third-order valence-electron chi connectivity index (χ3n) is 3.67. The number of nitrogens with zero attached hydrogens (tertiary/aromatic N) is 1. The summed E-state index contributed by atoms with van der Waals surface area (Å²) in [4.78, 5) is 61.7. The number of carboxylic acid groups (broad SMARTS) is 1. The lowest BCUT2D eigenvalue weighted by Crippen LogP contribution is -2.41. The van der Waals surface area contributed by atoms with Gasteiger partial charge in [-0.05, 0) is 67.8 Å². The van der Waals surface area contributed by atoms with Gasteiger partial charge in [0.1, 0.15) is 19.7 Å². The Morgan fingerprint density at radius 1 is 0.871 bits per heavy atom. The molecule has 2 N–H and O–H groups in total. The minimum Gasteiger partial charge on any atom is -0.478 e. The van der Waals surface area contributed by atoms with Crippen LogP contribution in [-0.2, 0) is 28.6 Å². The molecule has 0 aliphatic carbocycles. The topological polar surface area (TPSA) is 149 Å². The normalized spacial score (nSPS) is 10.3. The molecule has 31 heavy (non-hydrogen) atoms. The summed E-state index contributed by atoms with van der Waals surface area (Å²) in [6.45, 7) is -1.44. The SMILES string of the molecule is COCC(=O)Nc1c(I)c(C(=O)O)c(I)c(C(=O)N(CC(=O)OC)CC(=O)OC)c1I. The van der Waals surface area contributed by atoms with Crippen LogP contribution < -0.4 is 5.32 Å². The number of aromatic carboxylic acids is 1. The van der Waals surface area contributed by atoms with Gasteiger partial charge in [0.05, 0.1) is 38.2 Å². The standard InChI is InChI=1S/C17H17I3N2O9/c1-29-6-7(23)21-15-13(19)10(12(18)11(14(15)20)17(27)28)16(26)22(4-8(24)30-2)5-9(25)31-3/h4-6H2,1-3H3,(H,21,23)(H,27,28). The van der Waals surface area contributed by atoms with E-state index in [1.807, 2.05) is 0 Å². The van der Waals surface area contributed by atoms with Crippen LogP contribution in [-0.4, -0.2) is 80.8 Å². The van der Waals surface area contributed by atoms with E-state index in [9.17, 15) is 29.1 Å². The van der Waals surface area contributed by atoms with Crippen molar-refractivity contribution in [3.63, 3.8) is 0 Å². The number of halogens is 3. The number of esters is 2. The zero-order valence-corrected chi connectivity index (χ0v) is 22.9. The van der Waals surface area contributed by atoms with Gasteiger partial charge in [-0.1, -0.05) is 0 Å². The fraction of sp³-hybridized carbons (Fsp3) is 0.353. The summed E-state index contributed by atoms with van der Waals surface area (Å²) in [5, 5.41) is 12.2. The van der Waals surface area contributed by atoms with Crippen LogP contribution in [0, 0.1) is 10.7 Å². The number of anilines is 1. The molecule has 0 radical (unpaired) electrons. The van der Waals surface area contributed by atoms with E-state index >= 15 is 0 Å². The second-order valence-electron chi connectivity index (χ2n) is 5.67. The third kappa shape index (κ3) is 7.11. The predicted octanol–water partition coefficient (Wildman–Crippen LogP) is 1.57. The van der Waals surface area contributed by atoms with Gasteiger partial charge in [0.2, 0.25) is 5.91 Å². The van der Waals surface area contributed by atoms with Gasteiger partial charge >= 0.3 is 17.9 Å². The van der Waals surface area contributed by atoms with Crippen LogP contribution in [0.25, 0.3) is 0 Å². The summed E-state index contributed by atoms with van der Waals surface area (Å²) < 4.78 is 14.4. The van der Waals surface area contributed by atoms with Crippen LogP contribution in [0.1, 0.15) is 20.7 Å². The Morgan fingerprint density at radius 3 is 1.77 bits per heavy atom. The van der Waals surface area contributed by atoms with Crippen molar-refractivity contribution in [2.24, 2.45) is 0 Å². The minimum absolute atomic E-state index is 0.0772. The molecule has 0 unspecified atom stereocenters. The molecule has 2 amide bonds. The summed E-state index contributed by atoms with van der Waals surface area (Å²) in [6, 6.07) is 0. The van der Waals surface area contributed by atoms with Crippen molar-refractivity contribution in [1.29, 1.82) is 0 Å². The highest BCUT2D eigenvalue weighted by molar-refractivity contribution is 14.1. The number of carbonyl (C=O) groups excluding carboxylic acids is 4. The number of amides is 2. The highest BCUT2D eigenvalue weighted by atomic mass is 127. The van der Waals surface area contributed by atoms with Gasteiger partial charge in [-0.3, -0.25) is 19.2 Å². The third-order valence-corrected chi connectivity index (χ3v) is 6.90. The molecule has 0 heterocycles. The summed E-state index contributed by atoms with van der Waals surface area (Å²) >= 11 is 5.25. The fourth-order valence-corrected chi connectivity index (χ4v) is 6.61. The van der Waals surface area contributed by atoms with E-state index in [0.29, 0.717) is 0 Å². The monoisotopic (exact) mass is 774 g/mol. The molecule has 0 bridgehead atoms. The maximum absolute atomic E-state index is 13.3. The molecule has 0 atom stereocenters. The molecule has 11 nitrogen and oxygen atoms in total. The summed E-state index contributed by atoms with van der Waals surface area (Å²) in [7, 11) is 3.56. The van der Waals surface area contributed by atoms with Gasteiger partial charge in [0.25, 0.3) is 5.91 Å². The zero-order chi connectivity index (χ0) is 23.9. The quantitative estimate of drug-likeness (QED) is 0.282. The number of nitrogens with one attached hydrogen (secondary N) is 1. The maximum Gasteiger partial charge on any atom is 0.337 e. The van der Waals surface area contributed by atoms with Crippen molar-refractivity contribution in [1.82, 2.24) is 4.90 Å². The Morgan fingerprint density at radius 2 is 1.35 bits per heavy atom. The first kappa shape index (κ1) is 27.8. The molecule has 170 valence electrons. The number of hydrogen-bond donors (Lipinski definition) is 2. The van der Waals surface area contributed by atoms with Gasteiger partial charge in [0.15, 0.2) is 0 Å². The second kappa shape index (κ2) is 12.7. The van der Waals surface area contributed by atoms with Crippen molar-refractivity contribution in [3.05, 3.63) is 21.8 Å². The Labute approximate surface area is 217 Å². The smallest absolute Gasteiger partial charge is 0.337 e. The van der Waals surface area contributed by atoms with Crippen LogP contribution in [0.4, 0.5) is 5.69 Å². The van der Waals surface area contributed by atoms with Crippen LogP contribution in [0.15, 0.2) is 0 Å². The molecule has 0 aromatic heterocycles. The lowest BCUT2D eigenvalue weighted by molar-refractivity contribution is -0.144. The van der Waals surface area contributed by atoms with Gasteiger partial charge in [0, 0.05) is 10.7 Å². The Kier molecular flexibility index (Phi) is 11.4. The lowest BCUT2D eigenvalue weighted by atomic mass is 10.1. The zero-order valence-electron chi connectivity index (χ0n) is 16.4. The molecule has 0 spiro atoms.